The van der Waals surface area contributed by atoms with E-state index >= 15 is 0 Å². The Bertz CT molecular complexity index is 249. The molecule has 0 aromatic rings. The predicted octanol–water partition coefficient (Wildman–Crippen LogP) is 3.33. The molecule has 0 aliphatic heterocycles. The number of nitrogens with two attached hydrogens (primary N) is 1. The molecule has 0 heterocycles. The molecule has 1 heteroatoms. The van der Waals surface area contributed by atoms with E-state index in [2.05, 4.69) is 13.8 Å². The first-order chi connectivity index (χ1) is 6.99. The van der Waals surface area contributed by atoms with E-state index in [0.29, 0.717) is 5.41 Å². The SMILES string of the molecule is CC(C)CC12CC3CC(CC(N)(C3)C1)C2. The molecular formula is C14H25N. The van der Waals surface area contributed by atoms with Crippen molar-refractivity contribution in [3.63, 3.8) is 0 Å². The molecule has 4 rings (SSSR count). The van der Waals surface area contributed by atoms with Gasteiger partial charge in [0.05, 0.1) is 0 Å². The second kappa shape index (κ2) is 3.00. The van der Waals surface area contributed by atoms with Crippen molar-refractivity contribution >= 4 is 0 Å². The van der Waals surface area contributed by atoms with E-state index in [1.54, 1.807) is 0 Å². The molecule has 2 unspecified atom stereocenters. The highest BCUT2D eigenvalue weighted by atomic mass is 14.8. The second-order valence-electron chi connectivity index (χ2n) is 7.42. The third-order valence-corrected chi connectivity index (χ3v) is 5.07. The van der Waals surface area contributed by atoms with Crippen molar-refractivity contribution in [3.8, 4) is 0 Å². The van der Waals surface area contributed by atoms with Crippen LogP contribution in [0.4, 0.5) is 0 Å². The Labute approximate surface area is 93.8 Å². The Hall–Kier alpha value is -0.0400. The molecule has 1 nitrogen and oxygen atoms in total. The van der Waals surface area contributed by atoms with Crippen molar-refractivity contribution in [3.05, 3.63) is 0 Å². The summed E-state index contributed by atoms with van der Waals surface area (Å²) in [4.78, 5) is 0. The lowest BCUT2D eigenvalue weighted by Crippen LogP contribution is -2.60. The molecule has 0 aromatic heterocycles. The molecule has 4 fully saturated rings. The van der Waals surface area contributed by atoms with Crippen LogP contribution in [0.1, 0.15) is 58.8 Å². The summed E-state index contributed by atoms with van der Waals surface area (Å²) in [5, 5.41) is 0. The highest BCUT2D eigenvalue weighted by Gasteiger charge is 2.55. The monoisotopic (exact) mass is 207 g/mol. The van der Waals surface area contributed by atoms with Crippen molar-refractivity contribution < 1.29 is 0 Å². The summed E-state index contributed by atoms with van der Waals surface area (Å²) in [6.45, 7) is 4.75. The van der Waals surface area contributed by atoms with Crippen LogP contribution in [-0.4, -0.2) is 5.54 Å². The van der Waals surface area contributed by atoms with Gasteiger partial charge in [-0.1, -0.05) is 13.8 Å². The van der Waals surface area contributed by atoms with Gasteiger partial charge in [0.15, 0.2) is 0 Å². The molecule has 86 valence electrons. The van der Waals surface area contributed by atoms with Gasteiger partial charge in [-0.2, -0.15) is 0 Å². The quantitative estimate of drug-likeness (QED) is 0.738. The average Bonchev–Trinajstić information content (AvgIpc) is 1.94. The first-order valence-corrected chi connectivity index (χ1v) is 6.78. The Kier molecular flexibility index (Phi) is 2.03. The van der Waals surface area contributed by atoms with Crippen LogP contribution in [0.5, 0.6) is 0 Å². The van der Waals surface area contributed by atoms with Gasteiger partial charge in [-0.05, 0) is 68.1 Å². The largest absolute Gasteiger partial charge is 0.325 e. The second-order valence-corrected chi connectivity index (χ2v) is 7.42. The molecule has 2 atom stereocenters. The zero-order chi connectivity index (χ0) is 10.7. The third kappa shape index (κ3) is 1.63. The number of hydrogen-bond acceptors (Lipinski definition) is 1. The Morgan fingerprint density at radius 2 is 1.73 bits per heavy atom. The highest BCUT2D eigenvalue weighted by Crippen LogP contribution is 2.62. The third-order valence-electron chi connectivity index (χ3n) is 5.07. The van der Waals surface area contributed by atoms with Gasteiger partial charge in [-0.15, -0.1) is 0 Å². The average molecular weight is 207 g/mol. The van der Waals surface area contributed by atoms with Gasteiger partial charge < -0.3 is 5.73 Å². The van der Waals surface area contributed by atoms with E-state index in [0.717, 1.165) is 17.8 Å². The zero-order valence-electron chi connectivity index (χ0n) is 10.3. The minimum Gasteiger partial charge on any atom is -0.325 e. The molecule has 4 bridgehead atoms. The first-order valence-electron chi connectivity index (χ1n) is 6.78. The maximum absolute atomic E-state index is 6.58. The van der Waals surface area contributed by atoms with Crippen LogP contribution in [-0.2, 0) is 0 Å². The topological polar surface area (TPSA) is 26.0 Å². The van der Waals surface area contributed by atoms with Crippen LogP contribution >= 0.6 is 0 Å². The van der Waals surface area contributed by atoms with Gasteiger partial charge in [0.25, 0.3) is 0 Å². The molecule has 0 radical (unpaired) electrons. The summed E-state index contributed by atoms with van der Waals surface area (Å²) >= 11 is 0. The van der Waals surface area contributed by atoms with Gasteiger partial charge >= 0.3 is 0 Å². The van der Waals surface area contributed by atoms with E-state index in [1.807, 2.05) is 0 Å². The Morgan fingerprint density at radius 3 is 2.20 bits per heavy atom. The van der Waals surface area contributed by atoms with Gasteiger partial charge in [-0.25, -0.2) is 0 Å². The lowest BCUT2D eigenvalue weighted by molar-refractivity contribution is -0.0766. The highest BCUT2D eigenvalue weighted by molar-refractivity contribution is 5.10. The number of hydrogen-bond donors (Lipinski definition) is 1. The summed E-state index contributed by atoms with van der Waals surface area (Å²) in [7, 11) is 0. The molecule has 0 aromatic carbocycles. The minimum atomic E-state index is 0.249. The molecule has 4 saturated carbocycles. The van der Waals surface area contributed by atoms with Crippen molar-refractivity contribution in [1.29, 1.82) is 0 Å². The fourth-order valence-electron chi connectivity index (χ4n) is 5.63. The minimum absolute atomic E-state index is 0.249. The van der Waals surface area contributed by atoms with Gasteiger partial charge in [-0.3, -0.25) is 0 Å². The van der Waals surface area contributed by atoms with Gasteiger partial charge in [0.2, 0.25) is 0 Å². The maximum Gasteiger partial charge on any atom is 0.0164 e. The van der Waals surface area contributed by atoms with Gasteiger partial charge in [0.1, 0.15) is 0 Å². The van der Waals surface area contributed by atoms with Crippen LogP contribution < -0.4 is 5.73 Å². The summed E-state index contributed by atoms with van der Waals surface area (Å²) < 4.78 is 0. The first kappa shape index (κ1) is 10.1. The fourth-order valence-corrected chi connectivity index (χ4v) is 5.63. The standard InChI is InChI=1S/C14H25N/c1-10(2)4-13-5-11-3-12(6-13)8-14(15,7-11)9-13/h10-12H,3-9,15H2,1-2H3. The van der Waals surface area contributed by atoms with Gasteiger partial charge in [0, 0.05) is 5.54 Å². The van der Waals surface area contributed by atoms with E-state index < -0.39 is 0 Å². The molecule has 0 amide bonds. The van der Waals surface area contributed by atoms with Crippen molar-refractivity contribution in [2.24, 2.45) is 28.9 Å². The lowest BCUT2D eigenvalue weighted by Gasteiger charge is -2.61. The fraction of sp³-hybridized carbons (Fsp3) is 1.00. The van der Waals surface area contributed by atoms with Crippen LogP contribution in [0.3, 0.4) is 0 Å². The van der Waals surface area contributed by atoms with E-state index in [1.165, 1.54) is 44.9 Å². The van der Waals surface area contributed by atoms with Crippen LogP contribution in [0.2, 0.25) is 0 Å². The lowest BCUT2D eigenvalue weighted by atomic mass is 9.46. The summed E-state index contributed by atoms with van der Waals surface area (Å²) in [5.74, 6) is 2.81. The summed E-state index contributed by atoms with van der Waals surface area (Å²) in [5.41, 5.74) is 7.49. The Balaban J connectivity index is 1.86. The summed E-state index contributed by atoms with van der Waals surface area (Å²) in [6, 6.07) is 0. The smallest absolute Gasteiger partial charge is 0.0164 e. The van der Waals surface area contributed by atoms with Crippen LogP contribution in [0.25, 0.3) is 0 Å². The van der Waals surface area contributed by atoms with Crippen molar-refractivity contribution in [2.75, 3.05) is 0 Å². The maximum atomic E-state index is 6.58. The van der Waals surface area contributed by atoms with Crippen molar-refractivity contribution in [2.45, 2.75) is 64.3 Å². The van der Waals surface area contributed by atoms with E-state index in [-0.39, 0.29) is 5.54 Å². The molecule has 2 N–H and O–H groups in total. The molecule has 4 aliphatic rings. The van der Waals surface area contributed by atoms with Crippen LogP contribution in [0, 0.1) is 23.2 Å². The normalized spacial score (nSPS) is 52.8. The van der Waals surface area contributed by atoms with Crippen LogP contribution in [0.15, 0.2) is 0 Å². The zero-order valence-corrected chi connectivity index (χ0v) is 10.3. The van der Waals surface area contributed by atoms with E-state index in [4.69, 9.17) is 5.73 Å². The summed E-state index contributed by atoms with van der Waals surface area (Å²) in [6.07, 6.45) is 9.94. The van der Waals surface area contributed by atoms with E-state index in [9.17, 15) is 0 Å². The molecule has 0 spiro atoms. The molecule has 0 saturated heterocycles. The Morgan fingerprint density at radius 1 is 1.13 bits per heavy atom. The predicted molar refractivity (Wildman–Crippen MR) is 63.5 cm³/mol. The number of rotatable bonds is 2. The molecule has 4 aliphatic carbocycles. The molecular weight excluding hydrogens is 182 g/mol. The van der Waals surface area contributed by atoms with Crippen molar-refractivity contribution in [1.82, 2.24) is 0 Å². The molecule has 15 heavy (non-hydrogen) atoms.